The van der Waals surface area contributed by atoms with E-state index in [4.69, 9.17) is 4.74 Å². The summed E-state index contributed by atoms with van der Waals surface area (Å²) >= 11 is 1.01. The second-order valence-corrected chi connectivity index (χ2v) is 6.89. The molecule has 2 aromatic rings. The summed E-state index contributed by atoms with van der Waals surface area (Å²) in [5, 5.41) is 7.67. The lowest BCUT2D eigenvalue weighted by Gasteiger charge is -2.18. The van der Waals surface area contributed by atoms with E-state index in [0.29, 0.717) is 30.5 Å². The maximum Gasteiger partial charge on any atom is 0.434 e. The zero-order chi connectivity index (χ0) is 19.9. The Balaban J connectivity index is 1.74. The van der Waals surface area contributed by atoms with Gasteiger partial charge >= 0.3 is 6.18 Å². The molecule has 2 rings (SSSR count). The molecule has 2 N–H and O–H groups in total. The number of aromatic nitrogens is 1. The summed E-state index contributed by atoms with van der Waals surface area (Å²) < 4.78 is 43.5. The minimum absolute atomic E-state index is 0.0852. The largest absolute Gasteiger partial charge is 0.489 e. The molecule has 0 aliphatic rings. The summed E-state index contributed by atoms with van der Waals surface area (Å²) in [6.07, 6.45) is -4.10. The molecule has 9 heteroatoms. The van der Waals surface area contributed by atoms with Crippen molar-refractivity contribution in [2.24, 2.45) is 4.99 Å². The molecule has 5 nitrogen and oxygen atoms in total. The predicted octanol–water partition coefficient (Wildman–Crippen LogP) is 3.65. The minimum atomic E-state index is -4.40. The Morgan fingerprint density at radius 1 is 1.30 bits per heavy atom. The summed E-state index contributed by atoms with van der Waals surface area (Å²) in [6, 6.07) is 7.78. The number of ether oxygens (including phenoxy) is 1. The van der Waals surface area contributed by atoms with Crippen LogP contribution in [0.25, 0.3) is 0 Å². The number of alkyl halides is 3. The maximum absolute atomic E-state index is 12.6. The highest BCUT2D eigenvalue weighted by atomic mass is 32.1. The van der Waals surface area contributed by atoms with Crippen LogP contribution in [0, 0.1) is 6.92 Å². The highest BCUT2D eigenvalue weighted by Crippen LogP contribution is 2.30. The third-order valence-electron chi connectivity index (χ3n) is 3.68. The van der Waals surface area contributed by atoms with Gasteiger partial charge in [-0.05, 0) is 25.5 Å². The van der Waals surface area contributed by atoms with E-state index in [-0.39, 0.29) is 6.10 Å². The number of nitrogens with zero attached hydrogens (tertiary/aromatic N) is 2. The predicted molar refractivity (Wildman–Crippen MR) is 101 cm³/mol. The number of benzene rings is 1. The Bertz CT molecular complexity index is 761. The van der Waals surface area contributed by atoms with Crippen molar-refractivity contribution in [3.05, 3.63) is 45.9 Å². The first-order valence-electron chi connectivity index (χ1n) is 8.48. The molecule has 0 amide bonds. The first-order valence-corrected chi connectivity index (χ1v) is 9.36. The van der Waals surface area contributed by atoms with Gasteiger partial charge in [-0.15, -0.1) is 11.3 Å². The maximum atomic E-state index is 12.6. The molecule has 0 fully saturated rings. The van der Waals surface area contributed by atoms with Gasteiger partial charge in [-0.3, -0.25) is 4.99 Å². The quantitative estimate of drug-likeness (QED) is 0.550. The Morgan fingerprint density at radius 2 is 2.04 bits per heavy atom. The topological polar surface area (TPSA) is 58.5 Å². The fourth-order valence-electron chi connectivity index (χ4n) is 2.25. The van der Waals surface area contributed by atoms with Gasteiger partial charge in [0.2, 0.25) is 0 Å². The van der Waals surface area contributed by atoms with Crippen LogP contribution in [0.5, 0.6) is 5.75 Å². The van der Waals surface area contributed by atoms with Gasteiger partial charge in [0.1, 0.15) is 11.9 Å². The van der Waals surface area contributed by atoms with Crippen LogP contribution in [0.4, 0.5) is 13.2 Å². The first-order chi connectivity index (χ1) is 12.8. The molecule has 1 heterocycles. The number of halogens is 3. The van der Waals surface area contributed by atoms with Gasteiger partial charge in [0.15, 0.2) is 11.7 Å². The number of aliphatic imine (C=N–C) groups is 1. The van der Waals surface area contributed by atoms with E-state index in [1.807, 2.05) is 38.1 Å². The fraction of sp³-hybridized carbons (Fsp3) is 0.444. The average molecular weight is 400 g/mol. The third kappa shape index (κ3) is 6.74. The van der Waals surface area contributed by atoms with Crippen molar-refractivity contribution in [3.63, 3.8) is 0 Å². The summed E-state index contributed by atoms with van der Waals surface area (Å²) in [5.41, 5.74) is 0.223. The highest BCUT2D eigenvalue weighted by molar-refractivity contribution is 7.09. The summed E-state index contributed by atoms with van der Waals surface area (Å²) in [7, 11) is 1.63. The number of hydrogen-bond acceptors (Lipinski definition) is 4. The van der Waals surface area contributed by atoms with Gasteiger partial charge in [-0.25, -0.2) is 4.98 Å². The van der Waals surface area contributed by atoms with Gasteiger partial charge < -0.3 is 15.4 Å². The van der Waals surface area contributed by atoms with Crippen LogP contribution in [0.3, 0.4) is 0 Å². The van der Waals surface area contributed by atoms with E-state index in [1.54, 1.807) is 7.05 Å². The van der Waals surface area contributed by atoms with Gasteiger partial charge in [-0.1, -0.05) is 18.2 Å². The molecule has 0 saturated carbocycles. The molecule has 1 aromatic carbocycles. The molecule has 0 saturated heterocycles. The molecule has 0 radical (unpaired) electrons. The van der Waals surface area contributed by atoms with Crippen LogP contribution in [0.2, 0.25) is 0 Å². The van der Waals surface area contributed by atoms with Crippen LogP contribution < -0.4 is 15.4 Å². The minimum Gasteiger partial charge on any atom is -0.489 e. The van der Waals surface area contributed by atoms with Crippen LogP contribution >= 0.6 is 11.3 Å². The summed E-state index contributed by atoms with van der Waals surface area (Å²) in [5.74, 6) is 1.39. The van der Waals surface area contributed by atoms with Crippen LogP contribution in [0.1, 0.15) is 23.2 Å². The van der Waals surface area contributed by atoms with E-state index in [9.17, 15) is 13.2 Å². The number of para-hydroxylation sites is 1. The lowest BCUT2D eigenvalue weighted by molar-refractivity contribution is -0.140. The smallest absolute Gasteiger partial charge is 0.434 e. The molecular formula is C18H23F3N4OS. The zero-order valence-electron chi connectivity index (χ0n) is 15.4. The molecule has 27 heavy (non-hydrogen) atoms. The summed E-state index contributed by atoms with van der Waals surface area (Å²) in [4.78, 5) is 7.71. The Hall–Kier alpha value is -2.29. The molecule has 0 bridgehead atoms. The Morgan fingerprint density at radius 3 is 2.67 bits per heavy atom. The summed E-state index contributed by atoms with van der Waals surface area (Å²) in [6.45, 7) is 4.89. The number of thiazole rings is 1. The molecule has 148 valence electrons. The average Bonchev–Trinajstić information content (AvgIpc) is 3.09. The van der Waals surface area contributed by atoms with Gasteiger partial charge in [-0.2, -0.15) is 13.2 Å². The number of hydrogen-bond donors (Lipinski definition) is 2. The molecule has 1 unspecified atom stereocenters. The van der Waals surface area contributed by atoms with E-state index >= 15 is 0 Å². The van der Waals surface area contributed by atoms with Crippen molar-refractivity contribution < 1.29 is 17.9 Å². The molecule has 1 atom stereocenters. The van der Waals surface area contributed by atoms with Gasteiger partial charge in [0.05, 0.1) is 11.6 Å². The van der Waals surface area contributed by atoms with Crippen molar-refractivity contribution in [3.8, 4) is 5.75 Å². The normalized spacial score (nSPS) is 13.3. The van der Waals surface area contributed by atoms with Crippen molar-refractivity contribution in [1.29, 1.82) is 0 Å². The second kappa shape index (κ2) is 9.59. The monoisotopic (exact) mass is 400 g/mol. The molecule has 0 aliphatic heterocycles. The standard InChI is InChI=1S/C18H23F3N4OS/c1-12-6-4-5-7-14(12)26-13(2)10-24-17(22-3)23-9-8-16-25-15(11-27-16)18(19,20)21/h4-7,11,13H,8-10H2,1-3H3,(H2,22,23,24). The lowest BCUT2D eigenvalue weighted by atomic mass is 10.2. The van der Waals surface area contributed by atoms with E-state index in [2.05, 4.69) is 20.6 Å². The van der Waals surface area contributed by atoms with Crippen LogP contribution in [0.15, 0.2) is 34.6 Å². The van der Waals surface area contributed by atoms with Gasteiger partial charge in [0.25, 0.3) is 0 Å². The molecule has 0 spiro atoms. The fourth-order valence-corrected chi connectivity index (χ4v) is 3.06. The number of aryl methyl sites for hydroxylation is 1. The Labute approximate surface area is 160 Å². The van der Waals surface area contributed by atoms with Crippen molar-refractivity contribution in [1.82, 2.24) is 15.6 Å². The molecule has 0 aliphatic carbocycles. The first kappa shape index (κ1) is 21.0. The van der Waals surface area contributed by atoms with E-state index in [1.165, 1.54) is 0 Å². The Kier molecular flexibility index (Phi) is 7.46. The van der Waals surface area contributed by atoms with Crippen molar-refractivity contribution in [2.75, 3.05) is 20.1 Å². The van der Waals surface area contributed by atoms with E-state index in [0.717, 1.165) is 28.0 Å². The lowest BCUT2D eigenvalue weighted by Crippen LogP contribution is -2.42. The number of rotatable bonds is 7. The number of nitrogens with one attached hydrogen (secondary N) is 2. The van der Waals surface area contributed by atoms with Crippen molar-refractivity contribution >= 4 is 17.3 Å². The molecular weight excluding hydrogens is 377 g/mol. The second-order valence-electron chi connectivity index (χ2n) is 5.95. The SMILES string of the molecule is CN=C(NCCc1nc(C(F)(F)F)cs1)NCC(C)Oc1ccccc1C. The van der Waals surface area contributed by atoms with Crippen LogP contribution in [-0.2, 0) is 12.6 Å². The highest BCUT2D eigenvalue weighted by Gasteiger charge is 2.33. The van der Waals surface area contributed by atoms with Crippen LogP contribution in [-0.4, -0.2) is 37.2 Å². The molecule has 1 aromatic heterocycles. The number of guanidine groups is 1. The van der Waals surface area contributed by atoms with E-state index < -0.39 is 11.9 Å². The van der Waals surface area contributed by atoms with Gasteiger partial charge in [0, 0.05) is 25.4 Å². The van der Waals surface area contributed by atoms with Crippen molar-refractivity contribution in [2.45, 2.75) is 32.5 Å². The third-order valence-corrected chi connectivity index (χ3v) is 4.58. The zero-order valence-corrected chi connectivity index (χ0v) is 16.2.